The van der Waals surface area contributed by atoms with Crippen LogP contribution in [0.15, 0.2) is 42.5 Å². The van der Waals surface area contributed by atoms with Crippen molar-refractivity contribution < 1.29 is 18.7 Å². The number of nitrogens with zero attached hydrogens (tertiary/aromatic N) is 1. The average molecular weight is 358 g/mol. The summed E-state index contributed by atoms with van der Waals surface area (Å²) < 4.78 is 18.9. The Morgan fingerprint density at radius 1 is 1.19 bits per heavy atom. The molecule has 0 spiro atoms. The Labute approximate surface area is 152 Å². The van der Waals surface area contributed by atoms with E-state index in [9.17, 15) is 14.0 Å². The third-order valence-corrected chi connectivity index (χ3v) is 3.98. The van der Waals surface area contributed by atoms with Gasteiger partial charge < -0.3 is 10.1 Å². The first-order valence-electron chi connectivity index (χ1n) is 8.35. The van der Waals surface area contributed by atoms with Crippen molar-refractivity contribution in [3.8, 4) is 5.75 Å². The van der Waals surface area contributed by atoms with Gasteiger partial charge in [-0.15, -0.1) is 0 Å². The number of hydrogen-bond acceptors (Lipinski definition) is 3. The first kappa shape index (κ1) is 19.4. The van der Waals surface area contributed by atoms with Crippen molar-refractivity contribution >= 4 is 17.5 Å². The van der Waals surface area contributed by atoms with Crippen molar-refractivity contribution in [3.63, 3.8) is 0 Å². The Balaban J connectivity index is 2.01. The maximum Gasteiger partial charge on any atom is 0.240 e. The molecule has 6 heteroatoms. The number of aryl methyl sites for hydroxylation is 1. The van der Waals surface area contributed by atoms with Gasteiger partial charge >= 0.3 is 0 Å². The molecule has 0 aliphatic heterocycles. The van der Waals surface area contributed by atoms with Crippen molar-refractivity contribution in [1.29, 1.82) is 0 Å². The highest BCUT2D eigenvalue weighted by Gasteiger charge is 2.19. The Kier molecular flexibility index (Phi) is 6.72. The lowest BCUT2D eigenvalue weighted by atomic mass is 10.1. The summed E-state index contributed by atoms with van der Waals surface area (Å²) in [7, 11) is 1.51. The molecular weight excluding hydrogens is 335 g/mol. The molecule has 0 unspecified atom stereocenters. The smallest absolute Gasteiger partial charge is 0.240 e. The van der Waals surface area contributed by atoms with Gasteiger partial charge in [-0.05, 0) is 42.7 Å². The van der Waals surface area contributed by atoms with Crippen LogP contribution in [-0.4, -0.2) is 32.0 Å². The molecule has 2 aromatic rings. The fourth-order valence-electron chi connectivity index (χ4n) is 2.61. The molecule has 0 fully saturated rings. The summed E-state index contributed by atoms with van der Waals surface area (Å²) in [5, 5.41) is 2.73. The van der Waals surface area contributed by atoms with Gasteiger partial charge in [0.25, 0.3) is 0 Å². The molecule has 0 radical (unpaired) electrons. The average Bonchev–Trinajstić information content (AvgIpc) is 2.61. The largest absolute Gasteiger partial charge is 0.495 e. The lowest BCUT2D eigenvalue weighted by Gasteiger charge is -2.23. The van der Waals surface area contributed by atoms with Gasteiger partial charge in [0.2, 0.25) is 11.8 Å². The Morgan fingerprint density at radius 3 is 2.58 bits per heavy atom. The number of nitrogens with one attached hydrogen (secondary N) is 1. The fourth-order valence-corrected chi connectivity index (χ4v) is 2.61. The molecule has 0 aromatic heterocycles. The van der Waals surface area contributed by atoms with E-state index < -0.39 is 0 Å². The molecule has 0 atom stereocenters. The predicted molar refractivity (Wildman–Crippen MR) is 98.9 cm³/mol. The zero-order valence-electron chi connectivity index (χ0n) is 15.2. The van der Waals surface area contributed by atoms with Crippen LogP contribution in [0, 0.1) is 12.7 Å². The molecule has 0 aliphatic carbocycles. The highest BCUT2D eigenvalue weighted by atomic mass is 19.1. The number of hydrogen-bond donors (Lipinski definition) is 1. The number of carbonyl (C=O) groups is 2. The topological polar surface area (TPSA) is 58.6 Å². The van der Waals surface area contributed by atoms with E-state index in [0.29, 0.717) is 23.4 Å². The summed E-state index contributed by atoms with van der Waals surface area (Å²) in [5.74, 6) is -0.361. The van der Waals surface area contributed by atoms with Crippen LogP contribution < -0.4 is 15.0 Å². The Bertz CT molecular complexity index is 792. The zero-order chi connectivity index (χ0) is 19.1. The minimum absolute atomic E-state index is 0.133. The van der Waals surface area contributed by atoms with E-state index in [-0.39, 0.29) is 30.7 Å². The van der Waals surface area contributed by atoms with Crippen LogP contribution in [0.3, 0.4) is 0 Å². The Hall–Kier alpha value is -2.89. The Morgan fingerprint density at radius 2 is 1.92 bits per heavy atom. The van der Waals surface area contributed by atoms with Crippen LogP contribution in [0.1, 0.15) is 18.1 Å². The summed E-state index contributed by atoms with van der Waals surface area (Å²) in [6.07, 6.45) is 0.381. The summed E-state index contributed by atoms with van der Waals surface area (Å²) in [6.45, 7) is 3.45. The van der Waals surface area contributed by atoms with Gasteiger partial charge in [-0.1, -0.05) is 24.3 Å². The van der Waals surface area contributed by atoms with Gasteiger partial charge in [-0.2, -0.15) is 0 Å². The van der Waals surface area contributed by atoms with E-state index in [4.69, 9.17) is 4.74 Å². The molecule has 2 aromatic carbocycles. The summed E-state index contributed by atoms with van der Waals surface area (Å²) >= 11 is 0. The summed E-state index contributed by atoms with van der Waals surface area (Å²) in [5.41, 5.74) is 2.04. The van der Waals surface area contributed by atoms with E-state index in [1.54, 1.807) is 30.3 Å². The van der Waals surface area contributed by atoms with Gasteiger partial charge in [0.15, 0.2) is 0 Å². The summed E-state index contributed by atoms with van der Waals surface area (Å²) in [6, 6.07) is 11.9. The highest BCUT2D eigenvalue weighted by molar-refractivity contribution is 5.98. The molecule has 1 N–H and O–H groups in total. The minimum Gasteiger partial charge on any atom is -0.495 e. The van der Waals surface area contributed by atoms with Gasteiger partial charge in [-0.3, -0.25) is 14.5 Å². The van der Waals surface area contributed by atoms with Gasteiger partial charge in [-0.25, -0.2) is 4.39 Å². The predicted octanol–water partition coefficient (Wildman–Crippen LogP) is 2.85. The van der Waals surface area contributed by atoms with Crippen LogP contribution in [-0.2, 0) is 16.0 Å². The highest BCUT2D eigenvalue weighted by Crippen LogP contribution is 2.29. The first-order chi connectivity index (χ1) is 12.4. The summed E-state index contributed by atoms with van der Waals surface area (Å²) in [4.78, 5) is 25.7. The second-order valence-corrected chi connectivity index (χ2v) is 5.97. The second kappa shape index (κ2) is 8.99. The first-order valence-corrected chi connectivity index (χ1v) is 8.35. The number of benzene rings is 2. The molecule has 0 saturated heterocycles. The number of rotatable bonds is 7. The standard InChI is InChI=1S/C20H23FN2O3/c1-14-8-9-19(26-3)18(12-14)23(15(2)24)13-20(25)22-11-10-16-6-4-5-7-17(16)21/h4-9,12H,10-11,13H2,1-3H3,(H,22,25). The molecule has 5 nitrogen and oxygen atoms in total. The van der Waals surface area contributed by atoms with Crippen LogP contribution in [0.5, 0.6) is 5.75 Å². The molecule has 0 bridgehead atoms. The van der Waals surface area contributed by atoms with Crippen molar-refractivity contribution in [3.05, 3.63) is 59.4 Å². The maximum atomic E-state index is 13.6. The number of ether oxygens (including phenoxy) is 1. The normalized spacial score (nSPS) is 10.3. The van der Waals surface area contributed by atoms with E-state index in [2.05, 4.69) is 5.32 Å². The maximum absolute atomic E-state index is 13.6. The van der Waals surface area contributed by atoms with Crippen molar-refractivity contribution in [2.24, 2.45) is 0 Å². The number of amides is 2. The SMILES string of the molecule is COc1ccc(C)cc1N(CC(=O)NCCc1ccccc1F)C(C)=O. The molecule has 0 heterocycles. The third-order valence-electron chi connectivity index (χ3n) is 3.98. The molecule has 2 amide bonds. The van der Waals surface area contributed by atoms with Crippen LogP contribution in [0.2, 0.25) is 0 Å². The molecule has 26 heavy (non-hydrogen) atoms. The van der Waals surface area contributed by atoms with Crippen LogP contribution in [0.25, 0.3) is 0 Å². The number of halogens is 1. The zero-order valence-corrected chi connectivity index (χ0v) is 15.2. The van der Waals surface area contributed by atoms with Gasteiger partial charge in [0.1, 0.15) is 18.1 Å². The lowest BCUT2D eigenvalue weighted by Crippen LogP contribution is -2.40. The van der Waals surface area contributed by atoms with Gasteiger partial charge in [0.05, 0.1) is 12.8 Å². The fraction of sp³-hybridized carbons (Fsp3) is 0.300. The molecule has 0 aliphatic rings. The molecule has 0 saturated carbocycles. The minimum atomic E-state index is -0.319. The number of anilines is 1. The van der Waals surface area contributed by atoms with Gasteiger partial charge in [0, 0.05) is 13.5 Å². The molecule has 138 valence electrons. The van der Waals surface area contributed by atoms with E-state index in [1.165, 1.54) is 25.0 Å². The van der Waals surface area contributed by atoms with E-state index >= 15 is 0 Å². The van der Waals surface area contributed by atoms with E-state index in [1.807, 2.05) is 13.0 Å². The molecule has 2 rings (SSSR count). The van der Waals surface area contributed by atoms with Crippen LogP contribution in [0.4, 0.5) is 10.1 Å². The lowest BCUT2D eigenvalue weighted by molar-refractivity contribution is -0.123. The van der Waals surface area contributed by atoms with E-state index in [0.717, 1.165) is 5.56 Å². The van der Waals surface area contributed by atoms with Crippen molar-refractivity contribution in [1.82, 2.24) is 5.32 Å². The monoisotopic (exact) mass is 358 g/mol. The van der Waals surface area contributed by atoms with Crippen molar-refractivity contribution in [2.75, 3.05) is 25.1 Å². The molecular formula is C20H23FN2O3. The van der Waals surface area contributed by atoms with Crippen LogP contribution >= 0.6 is 0 Å². The quantitative estimate of drug-likeness (QED) is 0.828. The van der Waals surface area contributed by atoms with Crippen molar-refractivity contribution in [2.45, 2.75) is 20.3 Å². The third kappa shape index (κ3) is 5.05. The number of methoxy groups -OCH3 is 1. The number of carbonyl (C=O) groups excluding carboxylic acids is 2. The second-order valence-electron chi connectivity index (χ2n) is 5.97.